The van der Waals surface area contributed by atoms with Crippen LogP contribution in [0.15, 0.2) is 39.3 Å². The van der Waals surface area contributed by atoms with Crippen LogP contribution in [0.3, 0.4) is 0 Å². The molecule has 1 fully saturated rings. The molecule has 0 bridgehead atoms. The highest BCUT2D eigenvalue weighted by Gasteiger charge is 2.24. The van der Waals surface area contributed by atoms with Gasteiger partial charge in [-0.15, -0.1) is 10.2 Å². The number of rotatable bonds is 4. The first-order valence-corrected chi connectivity index (χ1v) is 8.38. The fourth-order valence-electron chi connectivity index (χ4n) is 3.01. The summed E-state index contributed by atoms with van der Waals surface area (Å²) >= 11 is 0. The Morgan fingerprint density at radius 3 is 2.84 bits per heavy atom. The number of hydrogen-bond donors (Lipinski definition) is 0. The Labute approximate surface area is 145 Å². The molecule has 0 amide bonds. The van der Waals surface area contributed by atoms with E-state index in [1.165, 1.54) is 0 Å². The van der Waals surface area contributed by atoms with E-state index in [2.05, 4.69) is 27.2 Å². The Bertz CT molecular complexity index is 843. The van der Waals surface area contributed by atoms with Gasteiger partial charge in [0.15, 0.2) is 0 Å². The zero-order chi connectivity index (χ0) is 17.2. The van der Waals surface area contributed by atoms with Gasteiger partial charge in [0, 0.05) is 18.2 Å². The first-order valence-electron chi connectivity index (χ1n) is 8.38. The van der Waals surface area contributed by atoms with Gasteiger partial charge in [0.1, 0.15) is 17.0 Å². The summed E-state index contributed by atoms with van der Waals surface area (Å²) in [6.07, 6.45) is 0. The van der Waals surface area contributed by atoms with Crippen molar-refractivity contribution in [2.45, 2.75) is 26.4 Å². The van der Waals surface area contributed by atoms with E-state index in [1.54, 1.807) is 0 Å². The predicted octanol–water partition coefficient (Wildman–Crippen LogP) is 2.92. The molecule has 2 aromatic heterocycles. The lowest BCUT2D eigenvalue weighted by Gasteiger charge is -2.31. The van der Waals surface area contributed by atoms with Crippen LogP contribution in [0.4, 0.5) is 0 Å². The molecule has 1 aromatic carbocycles. The van der Waals surface area contributed by atoms with Crippen LogP contribution in [0.25, 0.3) is 22.7 Å². The van der Waals surface area contributed by atoms with Gasteiger partial charge in [0.2, 0.25) is 5.89 Å². The molecule has 1 atom stereocenters. The van der Waals surface area contributed by atoms with Gasteiger partial charge in [-0.1, -0.05) is 35.5 Å². The number of hydrogen-bond acceptors (Lipinski definition) is 7. The second kappa shape index (κ2) is 6.78. The molecule has 130 valence electrons. The van der Waals surface area contributed by atoms with E-state index in [0.29, 0.717) is 35.8 Å². The minimum absolute atomic E-state index is 0.335. The summed E-state index contributed by atoms with van der Waals surface area (Å²) < 4.78 is 16.8. The SMILES string of the molecule is Cc1onc(-c2ccccc2)c1-c1nnc(CN2CCOC[C@H]2C)o1. The maximum atomic E-state index is 5.92. The van der Waals surface area contributed by atoms with E-state index in [-0.39, 0.29) is 0 Å². The summed E-state index contributed by atoms with van der Waals surface area (Å²) in [5.74, 6) is 1.69. The molecule has 1 saturated heterocycles. The third-order valence-corrected chi connectivity index (χ3v) is 4.43. The number of aryl methyl sites for hydroxylation is 1. The fraction of sp³-hybridized carbons (Fsp3) is 0.389. The summed E-state index contributed by atoms with van der Waals surface area (Å²) in [5.41, 5.74) is 2.42. The molecular formula is C18H20N4O3. The molecular weight excluding hydrogens is 320 g/mol. The lowest BCUT2D eigenvalue weighted by atomic mass is 10.1. The van der Waals surface area contributed by atoms with Gasteiger partial charge < -0.3 is 13.7 Å². The third-order valence-electron chi connectivity index (χ3n) is 4.43. The highest BCUT2D eigenvalue weighted by molar-refractivity contribution is 5.77. The maximum absolute atomic E-state index is 5.92. The first kappa shape index (κ1) is 16.0. The molecule has 1 aliphatic rings. The van der Waals surface area contributed by atoms with Crippen LogP contribution in [0.2, 0.25) is 0 Å². The predicted molar refractivity (Wildman–Crippen MR) is 90.7 cm³/mol. The zero-order valence-electron chi connectivity index (χ0n) is 14.3. The van der Waals surface area contributed by atoms with Crippen LogP contribution in [-0.4, -0.2) is 46.1 Å². The lowest BCUT2D eigenvalue weighted by molar-refractivity contribution is -0.00777. The van der Waals surface area contributed by atoms with Crippen LogP contribution < -0.4 is 0 Å². The van der Waals surface area contributed by atoms with E-state index >= 15 is 0 Å². The Morgan fingerprint density at radius 2 is 2.04 bits per heavy atom. The van der Waals surface area contributed by atoms with Crippen LogP contribution in [0, 0.1) is 6.92 Å². The van der Waals surface area contributed by atoms with Gasteiger partial charge in [0.05, 0.1) is 19.8 Å². The van der Waals surface area contributed by atoms with Crippen molar-refractivity contribution in [1.82, 2.24) is 20.3 Å². The molecule has 0 N–H and O–H groups in total. The molecule has 25 heavy (non-hydrogen) atoms. The van der Waals surface area contributed by atoms with Crippen molar-refractivity contribution in [2.24, 2.45) is 0 Å². The van der Waals surface area contributed by atoms with E-state index in [4.69, 9.17) is 13.7 Å². The van der Waals surface area contributed by atoms with E-state index < -0.39 is 0 Å². The Kier molecular flexibility index (Phi) is 4.33. The summed E-state index contributed by atoms with van der Waals surface area (Å²) in [7, 11) is 0. The van der Waals surface area contributed by atoms with Crippen LogP contribution in [0.1, 0.15) is 18.6 Å². The van der Waals surface area contributed by atoms with E-state index in [9.17, 15) is 0 Å². The monoisotopic (exact) mass is 340 g/mol. The third kappa shape index (κ3) is 3.20. The van der Waals surface area contributed by atoms with Crippen molar-refractivity contribution in [3.05, 3.63) is 42.0 Å². The normalized spacial score (nSPS) is 18.6. The van der Waals surface area contributed by atoms with Crippen LogP contribution >= 0.6 is 0 Å². The number of morpholine rings is 1. The van der Waals surface area contributed by atoms with Gasteiger partial charge in [-0.05, 0) is 13.8 Å². The summed E-state index contributed by atoms with van der Waals surface area (Å²) in [6.45, 7) is 6.91. The number of nitrogens with zero attached hydrogens (tertiary/aromatic N) is 4. The van der Waals surface area contributed by atoms with Crippen molar-refractivity contribution in [3.8, 4) is 22.7 Å². The van der Waals surface area contributed by atoms with Crippen molar-refractivity contribution in [3.63, 3.8) is 0 Å². The number of ether oxygens (including phenoxy) is 1. The molecule has 3 aromatic rings. The molecule has 7 heteroatoms. The smallest absolute Gasteiger partial charge is 0.253 e. The quantitative estimate of drug-likeness (QED) is 0.722. The Balaban J connectivity index is 1.61. The summed E-state index contributed by atoms with van der Waals surface area (Å²) in [4.78, 5) is 2.28. The van der Waals surface area contributed by atoms with Gasteiger partial charge in [-0.25, -0.2) is 0 Å². The van der Waals surface area contributed by atoms with Crippen molar-refractivity contribution >= 4 is 0 Å². The van der Waals surface area contributed by atoms with Crippen LogP contribution in [-0.2, 0) is 11.3 Å². The fourth-order valence-corrected chi connectivity index (χ4v) is 3.01. The minimum Gasteiger partial charge on any atom is -0.419 e. The Hall–Kier alpha value is -2.51. The molecule has 0 radical (unpaired) electrons. The van der Waals surface area contributed by atoms with Gasteiger partial charge in [-0.2, -0.15) is 0 Å². The lowest BCUT2D eigenvalue weighted by Crippen LogP contribution is -2.42. The molecule has 1 aliphatic heterocycles. The highest BCUT2D eigenvalue weighted by Crippen LogP contribution is 2.33. The first-order chi connectivity index (χ1) is 12.2. The average molecular weight is 340 g/mol. The van der Waals surface area contributed by atoms with E-state index in [1.807, 2.05) is 37.3 Å². The van der Waals surface area contributed by atoms with Gasteiger partial charge in [0.25, 0.3) is 5.89 Å². The van der Waals surface area contributed by atoms with Crippen molar-refractivity contribution in [1.29, 1.82) is 0 Å². The molecule has 3 heterocycles. The molecule has 0 saturated carbocycles. The second-order valence-electron chi connectivity index (χ2n) is 6.22. The highest BCUT2D eigenvalue weighted by atomic mass is 16.5. The molecule has 7 nitrogen and oxygen atoms in total. The minimum atomic E-state index is 0.335. The van der Waals surface area contributed by atoms with Gasteiger partial charge >= 0.3 is 0 Å². The standard InChI is InChI=1S/C18H20N4O3/c1-12-11-23-9-8-22(12)10-15-19-20-18(24-15)16-13(2)25-21-17(16)14-6-4-3-5-7-14/h3-7,12H,8-11H2,1-2H3/t12-/m1/s1. The van der Waals surface area contributed by atoms with Crippen molar-refractivity contribution < 1.29 is 13.7 Å². The maximum Gasteiger partial charge on any atom is 0.253 e. The largest absolute Gasteiger partial charge is 0.419 e. The summed E-state index contributed by atoms with van der Waals surface area (Å²) in [6, 6.07) is 10.2. The molecule has 0 unspecified atom stereocenters. The van der Waals surface area contributed by atoms with Crippen molar-refractivity contribution in [2.75, 3.05) is 19.8 Å². The molecule has 4 rings (SSSR count). The summed E-state index contributed by atoms with van der Waals surface area (Å²) in [5, 5.41) is 12.6. The number of benzene rings is 1. The van der Waals surface area contributed by atoms with Crippen LogP contribution in [0.5, 0.6) is 0 Å². The number of aromatic nitrogens is 3. The van der Waals surface area contributed by atoms with Gasteiger partial charge in [-0.3, -0.25) is 4.90 Å². The Morgan fingerprint density at radius 1 is 1.20 bits per heavy atom. The average Bonchev–Trinajstić information content (AvgIpc) is 3.24. The van der Waals surface area contributed by atoms with E-state index in [0.717, 1.165) is 30.9 Å². The zero-order valence-corrected chi connectivity index (χ0v) is 14.3. The molecule has 0 aliphatic carbocycles. The molecule has 0 spiro atoms. The second-order valence-corrected chi connectivity index (χ2v) is 6.22. The topological polar surface area (TPSA) is 77.4 Å².